The molecule has 4 atom stereocenters. The molecule has 1 saturated heterocycles. The van der Waals surface area contributed by atoms with E-state index in [9.17, 15) is 4.79 Å². The first-order valence-corrected chi connectivity index (χ1v) is 8.89. The normalized spacial score (nSPS) is 29.0. The Morgan fingerprint density at radius 3 is 3.08 bits per heavy atom. The number of hydrogen-bond acceptors (Lipinski definition) is 4. The minimum absolute atomic E-state index is 0.0325. The van der Waals surface area contributed by atoms with Gasteiger partial charge in [-0.3, -0.25) is 4.79 Å². The van der Waals surface area contributed by atoms with Crippen LogP contribution in [0.15, 0.2) is 42.6 Å². The number of carbonyl (C=O) groups excluding carboxylic acids is 1. The van der Waals surface area contributed by atoms with Gasteiger partial charge < -0.3 is 14.8 Å². The number of nitrogens with one attached hydrogen (secondary N) is 1. The van der Waals surface area contributed by atoms with Gasteiger partial charge in [-0.15, -0.1) is 0 Å². The maximum Gasteiger partial charge on any atom is 0.251 e. The molecule has 3 aliphatic rings. The van der Waals surface area contributed by atoms with E-state index in [2.05, 4.69) is 34.6 Å². The molecular weight excluding hydrogens is 316 g/mol. The summed E-state index contributed by atoms with van der Waals surface area (Å²) in [5, 5.41) is 3.19. The van der Waals surface area contributed by atoms with Gasteiger partial charge in [0.05, 0.1) is 13.2 Å². The van der Waals surface area contributed by atoms with Crippen molar-refractivity contribution >= 4 is 5.91 Å². The summed E-state index contributed by atoms with van der Waals surface area (Å²) in [5.74, 6) is 1.47. The van der Waals surface area contributed by atoms with E-state index < -0.39 is 0 Å². The van der Waals surface area contributed by atoms with Gasteiger partial charge in [0.2, 0.25) is 5.88 Å². The molecule has 1 aromatic heterocycles. The lowest BCUT2D eigenvalue weighted by Crippen LogP contribution is -2.29. The predicted octanol–water partition coefficient (Wildman–Crippen LogP) is 2.32. The first kappa shape index (κ1) is 14.9. The van der Waals surface area contributed by atoms with Crippen molar-refractivity contribution in [2.75, 3.05) is 13.2 Å². The Hall–Kier alpha value is -2.40. The van der Waals surface area contributed by atoms with Crippen molar-refractivity contribution in [3.8, 4) is 5.88 Å². The molecule has 5 rings (SSSR count). The number of pyridine rings is 1. The SMILES string of the molecule is O=C(N[C@@H]1[C@@H]2Cc3ccccc3[C@@H]21)c1ccnc(O[C@@H]2CCOC2)c1. The van der Waals surface area contributed by atoms with Gasteiger partial charge in [-0.1, -0.05) is 24.3 Å². The van der Waals surface area contributed by atoms with Crippen LogP contribution in [-0.2, 0) is 11.2 Å². The molecule has 2 aliphatic carbocycles. The lowest BCUT2D eigenvalue weighted by atomic mass is 10.1. The molecule has 1 amide bonds. The third-order valence-electron chi connectivity index (χ3n) is 5.51. The van der Waals surface area contributed by atoms with Gasteiger partial charge in [-0.25, -0.2) is 4.98 Å². The van der Waals surface area contributed by atoms with E-state index in [0.717, 1.165) is 19.4 Å². The van der Waals surface area contributed by atoms with E-state index in [-0.39, 0.29) is 18.1 Å². The van der Waals surface area contributed by atoms with Gasteiger partial charge in [0.1, 0.15) is 6.10 Å². The Kier molecular flexibility index (Phi) is 3.48. The molecule has 1 N–H and O–H groups in total. The summed E-state index contributed by atoms with van der Waals surface area (Å²) in [6.07, 6.45) is 3.59. The number of hydrogen-bond donors (Lipinski definition) is 1. The Labute approximate surface area is 146 Å². The molecule has 1 saturated carbocycles. The van der Waals surface area contributed by atoms with Crippen molar-refractivity contribution in [3.63, 3.8) is 0 Å². The molecule has 1 aliphatic heterocycles. The van der Waals surface area contributed by atoms with Gasteiger partial charge in [0, 0.05) is 36.2 Å². The summed E-state index contributed by atoms with van der Waals surface area (Å²) in [5.41, 5.74) is 3.43. The lowest BCUT2D eigenvalue weighted by molar-refractivity contribution is 0.0946. The quantitative estimate of drug-likeness (QED) is 0.931. The molecule has 1 aromatic carbocycles. The maximum absolute atomic E-state index is 12.6. The second-order valence-corrected chi connectivity index (χ2v) is 7.08. The van der Waals surface area contributed by atoms with Gasteiger partial charge in [-0.2, -0.15) is 0 Å². The van der Waals surface area contributed by atoms with E-state index in [1.54, 1.807) is 18.3 Å². The fraction of sp³-hybridized carbons (Fsp3) is 0.400. The minimum Gasteiger partial charge on any atom is -0.472 e. The highest BCUT2D eigenvalue weighted by Gasteiger charge is 2.56. The number of aromatic nitrogens is 1. The molecule has 0 spiro atoms. The Morgan fingerprint density at radius 1 is 1.28 bits per heavy atom. The Morgan fingerprint density at radius 2 is 2.20 bits per heavy atom. The van der Waals surface area contributed by atoms with Crippen LogP contribution in [0.4, 0.5) is 0 Å². The monoisotopic (exact) mass is 336 g/mol. The van der Waals surface area contributed by atoms with Crippen LogP contribution >= 0.6 is 0 Å². The third kappa shape index (κ3) is 2.68. The number of nitrogens with zero attached hydrogens (tertiary/aromatic N) is 1. The summed E-state index contributed by atoms with van der Waals surface area (Å²) in [6, 6.07) is 12.3. The lowest BCUT2D eigenvalue weighted by Gasteiger charge is -2.12. The molecule has 0 bridgehead atoms. The summed E-state index contributed by atoms with van der Waals surface area (Å²) in [6.45, 7) is 1.31. The van der Waals surface area contributed by atoms with Gasteiger partial charge >= 0.3 is 0 Å². The summed E-state index contributed by atoms with van der Waals surface area (Å²) in [4.78, 5) is 16.8. The average Bonchev–Trinajstić information content (AvgIpc) is 3.01. The van der Waals surface area contributed by atoms with Crippen LogP contribution in [0.25, 0.3) is 0 Å². The van der Waals surface area contributed by atoms with Crippen LogP contribution in [0.3, 0.4) is 0 Å². The van der Waals surface area contributed by atoms with Gasteiger partial charge in [0.25, 0.3) is 5.91 Å². The maximum atomic E-state index is 12.6. The first-order valence-electron chi connectivity index (χ1n) is 8.89. The van der Waals surface area contributed by atoms with Crippen LogP contribution in [0.1, 0.15) is 33.8 Å². The van der Waals surface area contributed by atoms with Crippen molar-refractivity contribution in [2.24, 2.45) is 5.92 Å². The number of amides is 1. The molecule has 0 radical (unpaired) electrons. The predicted molar refractivity (Wildman–Crippen MR) is 91.7 cm³/mol. The summed E-state index contributed by atoms with van der Waals surface area (Å²) >= 11 is 0. The second kappa shape index (κ2) is 5.85. The van der Waals surface area contributed by atoms with E-state index in [1.807, 2.05) is 0 Å². The van der Waals surface area contributed by atoms with Crippen molar-refractivity contribution in [2.45, 2.75) is 30.9 Å². The fourth-order valence-electron chi connectivity index (χ4n) is 4.17. The van der Waals surface area contributed by atoms with E-state index in [0.29, 0.717) is 29.9 Å². The molecule has 2 heterocycles. The molecule has 128 valence electrons. The fourth-order valence-corrected chi connectivity index (χ4v) is 4.17. The highest BCUT2D eigenvalue weighted by Crippen LogP contribution is 2.56. The standard InChI is InChI=1S/C20H20N2O3/c23-20(13-5-7-21-17(10-13)25-14-6-8-24-11-14)22-19-16-9-12-3-1-2-4-15(12)18(16)19/h1-5,7,10,14,16,18-19H,6,8-9,11H2,(H,22,23)/t14-,16-,18+,19-/m1/s1. The van der Waals surface area contributed by atoms with Crippen LogP contribution in [0.2, 0.25) is 0 Å². The Balaban J connectivity index is 1.25. The summed E-state index contributed by atoms with van der Waals surface area (Å²) < 4.78 is 11.1. The molecule has 2 aromatic rings. The molecule has 2 fully saturated rings. The number of carbonyl (C=O) groups is 1. The van der Waals surface area contributed by atoms with Crippen molar-refractivity contribution in [3.05, 3.63) is 59.3 Å². The second-order valence-electron chi connectivity index (χ2n) is 7.08. The zero-order chi connectivity index (χ0) is 16.8. The zero-order valence-corrected chi connectivity index (χ0v) is 13.9. The van der Waals surface area contributed by atoms with Gasteiger partial charge in [-0.05, 0) is 29.5 Å². The first-order chi connectivity index (χ1) is 12.3. The molecule has 25 heavy (non-hydrogen) atoms. The van der Waals surface area contributed by atoms with Crippen LogP contribution in [0, 0.1) is 5.92 Å². The third-order valence-corrected chi connectivity index (χ3v) is 5.51. The topological polar surface area (TPSA) is 60.5 Å². The minimum atomic E-state index is -0.0493. The van der Waals surface area contributed by atoms with Crippen LogP contribution in [-0.4, -0.2) is 36.3 Å². The number of rotatable bonds is 4. The highest BCUT2D eigenvalue weighted by molar-refractivity contribution is 5.95. The number of benzene rings is 1. The largest absolute Gasteiger partial charge is 0.472 e. The van der Waals surface area contributed by atoms with E-state index >= 15 is 0 Å². The molecule has 5 heteroatoms. The van der Waals surface area contributed by atoms with Gasteiger partial charge in [0.15, 0.2) is 0 Å². The summed E-state index contributed by atoms with van der Waals surface area (Å²) in [7, 11) is 0. The van der Waals surface area contributed by atoms with Crippen molar-refractivity contribution in [1.82, 2.24) is 10.3 Å². The smallest absolute Gasteiger partial charge is 0.251 e. The molecular formula is C20H20N2O3. The molecule has 5 nitrogen and oxygen atoms in total. The number of fused-ring (bicyclic) bond motifs is 3. The average molecular weight is 336 g/mol. The van der Waals surface area contributed by atoms with Crippen LogP contribution in [0.5, 0.6) is 5.88 Å². The molecule has 0 unspecified atom stereocenters. The Bertz CT molecular complexity index is 816. The highest BCUT2D eigenvalue weighted by atomic mass is 16.5. The zero-order valence-electron chi connectivity index (χ0n) is 13.9. The van der Waals surface area contributed by atoms with Crippen molar-refractivity contribution in [1.29, 1.82) is 0 Å². The number of ether oxygens (including phenoxy) is 2. The van der Waals surface area contributed by atoms with Crippen molar-refractivity contribution < 1.29 is 14.3 Å². The van der Waals surface area contributed by atoms with E-state index in [1.165, 1.54) is 11.1 Å². The van der Waals surface area contributed by atoms with Crippen LogP contribution < -0.4 is 10.1 Å². The van der Waals surface area contributed by atoms with E-state index in [4.69, 9.17) is 9.47 Å².